The highest BCUT2D eigenvalue weighted by Crippen LogP contribution is 2.18. The summed E-state index contributed by atoms with van der Waals surface area (Å²) in [6.07, 6.45) is 2.71. The van der Waals surface area contributed by atoms with Crippen LogP contribution in [0.4, 0.5) is 0 Å². The molecule has 0 saturated carbocycles. The molecule has 0 aromatic heterocycles. The summed E-state index contributed by atoms with van der Waals surface area (Å²) in [7, 11) is 0. The summed E-state index contributed by atoms with van der Waals surface area (Å²) in [6, 6.07) is 17.5. The van der Waals surface area contributed by atoms with E-state index in [0.717, 1.165) is 62.6 Å². The first kappa shape index (κ1) is 19.0. The number of carbonyl (C=O) groups excluding carboxylic acids is 1. The first-order valence-electron chi connectivity index (χ1n) is 10.2. The van der Waals surface area contributed by atoms with Gasteiger partial charge >= 0.3 is 0 Å². The van der Waals surface area contributed by atoms with E-state index in [0.29, 0.717) is 12.7 Å². The molecule has 0 spiro atoms. The molecule has 4 rings (SSSR count). The highest BCUT2D eigenvalue weighted by atomic mass is 16.5. The van der Waals surface area contributed by atoms with E-state index in [-0.39, 0.29) is 5.91 Å². The van der Waals surface area contributed by atoms with Crippen LogP contribution in [-0.2, 0) is 11.3 Å². The van der Waals surface area contributed by atoms with Crippen LogP contribution in [-0.4, -0.2) is 61.1 Å². The number of hydrogen-bond acceptors (Lipinski definition) is 4. The lowest BCUT2D eigenvalue weighted by Crippen LogP contribution is -2.50. The molecule has 0 aliphatic carbocycles. The van der Waals surface area contributed by atoms with Crippen LogP contribution in [0, 0.1) is 0 Å². The number of nitrogens with zero attached hydrogens (tertiary/aromatic N) is 2. The fraction of sp³-hybridized carbons (Fsp3) is 0.435. The molecule has 28 heavy (non-hydrogen) atoms. The summed E-state index contributed by atoms with van der Waals surface area (Å²) in [4.78, 5) is 17.5. The Morgan fingerprint density at radius 1 is 1.00 bits per heavy atom. The summed E-state index contributed by atoms with van der Waals surface area (Å²) < 4.78 is 11.6. The van der Waals surface area contributed by atoms with Crippen molar-refractivity contribution < 1.29 is 14.3 Å². The molecule has 2 heterocycles. The summed E-state index contributed by atoms with van der Waals surface area (Å²) in [5, 5.41) is 0. The third-order valence-corrected chi connectivity index (χ3v) is 5.53. The molecule has 2 aliphatic rings. The van der Waals surface area contributed by atoms with Crippen molar-refractivity contribution in [3.05, 3.63) is 65.7 Å². The molecular weight excluding hydrogens is 352 g/mol. The van der Waals surface area contributed by atoms with Crippen molar-refractivity contribution in [2.75, 3.05) is 39.3 Å². The maximum absolute atomic E-state index is 13.1. The molecule has 5 heteroatoms. The third-order valence-electron chi connectivity index (χ3n) is 5.53. The van der Waals surface area contributed by atoms with Gasteiger partial charge in [-0.1, -0.05) is 36.4 Å². The van der Waals surface area contributed by atoms with Crippen molar-refractivity contribution in [3.8, 4) is 5.75 Å². The maximum Gasteiger partial charge on any atom is 0.254 e. The average molecular weight is 380 g/mol. The first-order chi connectivity index (χ1) is 13.8. The van der Waals surface area contributed by atoms with Gasteiger partial charge in [-0.15, -0.1) is 0 Å². The molecule has 0 radical (unpaired) electrons. The van der Waals surface area contributed by atoms with Gasteiger partial charge in [-0.25, -0.2) is 0 Å². The van der Waals surface area contributed by atoms with Gasteiger partial charge in [-0.3, -0.25) is 9.69 Å². The van der Waals surface area contributed by atoms with Crippen LogP contribution in [0.2, 0.25) is 0 Å². The predicted molar refractivity (Wildman–Crippen MR) is 109 cm³/mol. The van der Waals surface area contributed by atoms with Crippen molar-refractivity contribution >= 4 is 5.91 Å². The minimum atomic E-state index is 0.101. The Balaban J connectivity index is 1.34. The van der Waals surface area contributed by atoms with E-state index in [2.05, 4.69) is 4.90 Å². The number of hydrogen-bond donors (Lipinski definition) is 0. The Bertz CT molecular complexity index is 766. The van der Waals surface area contributed by atoms with E-state index in [4.69, 9.17) is 9.47 Å². The van der Waals surface area contributed by atoms with Gasteiger partial charge in [0.2, 0.25) is 0 Å². The molecule has 2 aromatic carbocycles. The van der Waals surface area contributed by atoms with Crippen LogP contribution in [0.3, 0.4) is 0 Å². The van der Waals surface area contributed by atoms with E-state index in [9.17, 15) is 4.79 Å². The van der Waals surface area contributed by atoms with Gasteiger partial charge in [0.15, 0.2) is 0 Å². The molecule has 0 unspecified atom stereocenters. The molecule has 0 N–H and O–H groups in total. The number of ether oxygens (including phenoxy) is 2. The molecule has 148 valence electrons. The van der Waals surface area contributed by atoms with Crippen LogP contribution in [0.1, 0.15) is 28.8 Å². The van der Waals surface area contributed by atoms with Crippen LogP contribution in [0.5, 0.6) is 5.75 Å². The lowest BCUT2D eigenvalue weighted by Gasteiger charge is -2.36. The molecular formula is C23H28N2O3. The summed E-state index contributed by atoms with van der Waals surface area (Å²) in [5.74, 6) is 0.913. The smallest absolute Gasteiger partial charge is 0.254 e. The van der Waals surface area contributed by atoms with E-state index in [1.165, 1.54) is 6.42 Å². The Hall–Kier alpha value is -2.37. The van der Waals surface area contributed by atoms with Crippen LogP contribution >= 0.6 is 0 Å². The van der Waals surface area contributed by atoms with Gasteiger partial charge in [0.05, 0.1) is 6.10 Å². The minimum Gasteiger partial charge on any atom is -0.489 e. The number of benzene rings is 2. The zero-order valence-corrected chi connectivity index (χ0v) is 16.3. The van der Waals surface area contributed by atoms with Crippen molar-refractivity contribution in [2.45, 2.75) is 25.6 Å². The molecule has 2 saturated heterocycles. The summed E-state index contributed by atoms with van der Waals surface area (Å²) in [6.45, 7) is 5.63. The molecule has 1 amide bonds. The van der Waals surface area contributed by atoms with Gasteiger partial charge in [0, 0.05) is 50.5 Å². The normalized spacial score (nSPS) is 20.3. The van der Waals surface area contributed by atoms with Crippen LogP contribution in [0.25, 0.3) is 0 Å². The molecule has 0 bridgehead atoms. The van der Waals surface area contributed by atoms with Gasteiger partial charge < -0.3 is 14.4 Å². The number of piperazine rings is 1. The van der Waals surface area contributed by atoms with Crippen molar-refractivity contribution in [1.29, 1.82) is 0 Å². The molecule has 1 atom stereocenters. The number of carbonyl (C=O) groups is 1. The monoisotopic (exact) mass is 380 g/mol. The van der Waals surface area contributed by atoms with Crippen LogP contribution < -0.4 is 4.74 Å². The second-order valence-electron chi connectivity index (χ2n) is 7.49. The van der Waals surface area contributed by atoms with Gasteiger partial charge in [-0.05, 0) is 31.0 Å². The third kappa shape index (κ3) is 4.72. The summed E-state index contributed by atoms with van der Waals surface area (Å²) >= 11 is 0. The lowest BCUT2D eigenvalue weighted by atomic mass is 10.1. The molecule has 2 aromatic rings. The Labute approximate surface area is 166 Å². The first-order valence-corrected chi connectivity index (χ1v) is 10.2. The van der Waals surface area contributed by atoms with E-state index >= 15 is 0 Å². The zero-order chi connectivity index (χ0) is 19.2. The fourth-order valence-electron chi connectivity index (χ4n) is 3.91. The number of para-hydroxylation sites is 1. The lowest BCUT2D eigenvalue weighted by molar-refractivity contribution is 0.0431. The van der Waals surface area contributed by atoms with Crippen molar-refractivity contribution in [2.24, 2.45) is 0 Å². The fourth-order valence-corrected chi connectivity index (χ4v) is 3.91. The highest BCUT2D eigenvalue weighted by molar-refractivity contribution is 5.95. The van der Waals surface area contributed by atoms with Gasteiger partial charge in [-0.2, -0.15) is 0 Å². The molecule has 2 fully saturated rings. The highest BCUT2D eigenvalue weighted by Gasteiger charge is 2.26. The predicted octanol–water partition coefficient (Wildman–Crippen LogP) is 3.20. The standard InChI is InChI=1S/C23H28N2O3/c26-23(25-14-12-24(13-15-25)17-21-10-6-16-27-21)22-11-5-4-7-19(22)18-28-20-8-2-1-3-9-20/h1-5,7-9,11,21H,6,10,12-18H2/t21-/m0/s1. The zero-order valence-electron chi connectivity index (χ0n) is 16.3. The van der Waals surface area contributed by atoms with E-state index in [1.807, 2.05) is 59.5 Å². The van der Waals surface area contributed by atoms with Gasteiger partial charge in [0.1, 0.15) is 12.4 Å². The Morgan fingerprint density at radius 3 is 2.50 bits per heavy atom. The Kier molecular flexibility index (Phi) is 6.24. The molecule has 5 nitrogen and oxygen atoms in total. The number of amides is 1. The second kappa shape index (κ2) is 9.22. The summed E-state index contributed by atoms with van der Waals surface area (Å²) in [5.41, 5.74) is 1.67. The van der Waals surface area contributed by atoms with E-state index < -0.39 is 0 Å². The SMILES string of the molecule is O=C(c1ccccc1COc1ccccc1)N1CCN(C[C@@H]2CCCO2)CC1. The van der Waals surface area contributed by atoms with E-state index in [1.54, 1.807) is 0 Å². The molecule has 2 aliphatic heterocycles. The quantitative estimate of drug-likeness (QED) is 0.772. The number of rotatable bonds is 6. The average Bonchev–Trinajstić information content (AvgIpc) is 3.26. The largest absolute Gasteiger partial charge is 0.489 e. The van der Waals surface area contributed by atoms with Gasteiger partial charge in [0.25, 0.3) is 5.91 Å². The minimum absolute atomic E-state index is 0.101. The van der Waals surface area contributed by atoms with Crippen LogP contribution in [0.15, 0.2) is 54.6 Å². The van der Waals surface area contributed by atoms with Crippen molar-refractivity contribution in [3.63, 3.8) is 0 Å². The van der Waals surface area contributed by atoms with Crippen molar-refractivity contribution in [1.82, 2.24) is 9.80 Å². The Morgan fingerprint density at radius 2 is 1.75 bits per heavy atom. The topological polar surface area (TPSA) is 42.0 Å². The maximum atomic E-state index is 13.1. The second-order valence-corrected chi connectivity index (χ2v) is 7.49.